The Hall–Kier alpha value is -1.34. The van der Waals surface area contributed by atoms with E-state index in [2.05, 4.69) is 0 Å². The van der Waals surface area contributed by atoms with E-state index < -0.39 is 17.7 Å². The summed E-state index contributed by atoms with van der Waals surface area (Å²) >= 11 is 0. The first-order valence-electron chi connectivity index (χ1n) is 6.35. The fraction of sp³-hybridized carbons (Fsp3) is 0.833. The average Bonchev–Trinajstić information content (AvgIpc) is 2.34. The third-order valence-electron chi connectivity index (χ3n) is 2.84. The van der Waals surface area contributed by atoms with Crippen LogP contribution in [0.1, 0.15) is 20.8 Å². The SMILES string of the molecule is CCN(CC(C)(C)O)C(=O)N1CCOC(C(=O)O)C1. The van der Waals surface area contributed by atoms with Crippen molar-refractivity contribution in [3.63, 3.8) is 0 Å². The molecule has 0 bridgehead atoms. The number of carbonyl (C=O) groups is 2. The third kappa shape index (κ3) is 4.68. The van der Waals surface area contributed by atoms with Crippen molar-refractivity contribution in [2.75, 3.05) is 32.8 Å². The molecule has 7 nitrogen and oxygen atoms in total. The molecule has 1 fully saturated rings. The Bertz CT molecular complexity index is 340. The first-order chi connectivity index (χ1) is 8.74. The molecule has 0 aromatic carbocycles. The minimum atomic E-state index is -1.07. The lowest BCUT2D eigenvalue weighted by atomic mass is 10.1. The first kappa shape index (κ1) is 15.7. The number of carbonyl (C=O) groups excluding carboxylic acids is 1. The lowest BCUT2D eigenvalue weighted by molar-refractivity contribution is -0.154. The molecule has 7 heteroatoms. The normalized spacial score (nSPS) is 20.2. The van der Waals surface area contributed by atoms with Crippen molar-refractivity contribution in [3.05, 3.63) is 0 Å². The number of likely N-dealkylation sites (N-methyl/N-ethyl adjacent to an activating group) is 1. The number of carboxylic acids is 1. The maximum Gasteiger partial charge on any atom is 0.334 e. The number of morpholine rings is 1. The van der Waals surface area contributed by atoms with Crippen LogP contribution in [0.5, 0.6) is 0 Å². The number of ether oxygens (including phenoxy) is 1. The highest BCUT2D eigenvalue weighted by Gasteiger charge is 2.32. The molecule has 1 aliphatic rings. The predicted octanol–water partition coefficient (Wildman–Crippen LogP) is -0.0154. The summed E-state index contributed by atoms with van der Waals surface area (Å²) in [5.74, 6) is -1.07. The molecule has 19 heavy (non-hydrogen) atoms. The first-order valence-corrected chi connectivity index (χ1v) is 6.35. The van der Waals surface area contributed by atoms with E-state index >= 15 is 0 Å². The van der Waals surface area contributed by atoms with Crippen LogP contribution in [0.4, 0.5) is 4.79 Å². The van der Waals surface area contributed by atoms with Gasteiger partial charge in [0.15, 0.2) is 6.10 Å². The zero-order valence-electron chi connectivity index (χ0n) is 11.6. The van der Waals surface area contributed by atoms with Crippen molar-refractivity contribution in [2.45, 2.75) is 32.5 Å². The van der Waals surface area contributed by atoms with E-state index in [9.17, 15) is 14.7 Å². The van der Waals surface area contributed by atoms with Gasteiger partial charge >= 0.3 is 12.0 Å². The van der Waals surface area contributed by atoms with Crippen molar-refractivity contribution in [1.82, 2.24) is 9.80 Å². The highest BCUT2D eigenvalue weighted by molar-refractivity contribution is 5.77. The largest absolute Gasteiger partial charge is 0.479 e. The van der Waals surface area contributed by atoms with Gasteiger partial charge in [0, 0.05) is 13.1 Å². The number of hydrogen-bond acceptors (Lipinski definition) is 4. The molecule has 1 aliphatic heterocycles. The zero-order valence-corrected chi connectivity index (χ0v) is 11.6. The molecule has 110 valence electrons. The van der Waals surface area contributed by atoms with Gasteiger partial charge in [-0.25, -0.2) is 9.59 Å². The van der Waals surface area contributed by atoms with Crippen LogP contribution in [-0.2, 0) is 9.53 Å². The number of hydrogen-bond donors (Lipinski definition) is 2. The fourth-order valence-corrected chi connectivity index (χ4v) is 1.95. The van der Waals surface area contributed by atoms with E-state index in [1.165, 1.54) is 9.80 Å². The molecule has 2 amide bonds. The predicted molar refractivity (Wildman–Crippen MR) is 67.9 cm³/mol. The smallest absolute Gasteiger partial charge is 0.334 e. The van der Waals surface area contributed by atoms with Gasteiger partial charge in [-0.05, 0) is 20.8 Å². The van der Waals surface area contributed by atoms with E-state index in [-0.39, 0.29) is 25.7 Å². The topological polar surface area (TPSA) is 90.3 Å². The summed E-state index contributed by atoms with van der Waals surface area (Å²) in [6.07, 6.45) is -0.974. The Kier molecular flexibility index (Phi) is 5.13. The van der Waals surface area contributed by atoms with Crippen molar-refractivity contribution in [2.24, 2.45) is 0 Å². The van der Waals surface area contributed by atoms with Crippen LogP contribution in [-0.4, -0.2) is 76.5 Å². The number of amides is 2. The van der Waals surface area contributed by atoms with Crippen LogP contribution in [0.25, 0.3) is 0 Å². The number of aliphatic hydroxyl groups is 1. The Morgan fingerprint density at radius 3 is 2.58 bits per heavy atom. The molecule has 0 aromatic rings. The Morgan fingerprint density at radius 1 is 1.47 bits per heavy atom. The van der Waals surface area contributed by atoms with Crippen LogP contribution in [0, 0.1) is 0 Å². The molecular formula is C12H22N2O5. The van der Waals surface area contributed by atoms with Crippen LogP contribution >= 0.6 is 0 Å². The van der Waals surface area contributed by atoms with E-state index in [1.807, 2.05) is 6.92 Å². The van der Waals surface area contributed by atoms with Gasteiger partial charge in [0.25, 0.3) is 0 Å². The van der Waals surface area contributed by atoms with Gasteiger partial charge in [-0.2, -0.15) is 0 Å². The minimum Gasteiger partial charge on any atom is -0.479 e. The van der Waals surface area contributed by atoms with Gasteiger partial charge in [-0.1, -0.05) is 0 Å². The molecule has 0 aliphatic carbocycles. The van der Waals surface area contributed by atoms with Crippen molar-refractivity contribution < 1.29 is 24.5 Å². The summed E-state index contributed by atoms with van der Waals surface area (Å²) in [4.78, 5) is 26.1. The standard InChI is InChI=1S/C12H22N2O5/c1-4-13(8-12(2,3)18)11(17)14-5-6-19-9(7-14)10(15)16/h9,18H,4-8H2,1-3H3,(H,15,16). The zero-order chi connectivity index (χ0) is 14.6. The van der Waals surface area contributed by atoms with Gasteiger partial charge in [0.2, 0.25) is 0 Å². The van der Waals surface area contributed by atoms with E-state index in [1.54, 1.807) is 13.8 Å². The quantitative estimate of drug-likeness (QED) is 0.752. The molecule has 1 heterocycles. The lowest BCUT2D eigenvalue weighted by Gasteiger charge is -2.36. The molecule has 1 rings (SSSR count). The van der Waals surface area contributed by atoms with Crippen LogP contribution in [0.2, 0.25) is 0 Å². The maximum atomic E-state index is 12.3. The van der Waals surface area contributed by atoms with Crippen molar-refractivity contribution >= 4 is 12.0 Å². The second-order valence-electron chi connectivity index (χ2n) is 5.25. The highest BCUT2D eigenvalue weighted by Crippen LogP contribution is 2.11. The molecule has 1 saturated heterocycles. The number of rotatable bonds is 4. The van der Waals surface area contributed by atoms with E-state index in [4.69, 9.17) is 9.84 Å². The lowest BCUT2D eigenvalue weighted by Crippen LogP contribution is -2.54. The summed E-state index contributed by atoms with van der Waals surface area (Å²) in [5, 5.41) is 18.7. The van der Waals surface area contributed by atoms with Gasteiger partial charge in [0.1, 0.15) is 0 Å². The van der Waals surface area contributed by atoms with E-state index in [0.717, 1.165) is 0 Å². The molecule has 2 N–H and O–H groups in total. The van der Waals surface area contributed by atoms with Crippen LogP contribution in [0.3, 0.4) is 0 Å². The minimum absolute atomic E-state index is 0.0382. The van der Waals surface area contributed by atoms with Gasteiger partial charge < -0.3 is 24.7 Å². The van der Waals surface area contributed by atoms with Gasteiger partial charge in [-0.3, -0.25) is 0 Å². The monoisotopic (exact) mass is 274 g/mol. The molecule has 0 spiro atoms. The summed E-state index contributed by atoms with van der Waals surface area (Å²) in [5.41, 5.74) is -0.982. The summed E-state index contributed by atoms with van der Waals surface area (Å²) in [7, 11) is 0. The number of carboxylic acid groups (broad SMARTS) is 1. The second kappa shape index (κ2) is 6.21. The summed E-state index contributed by atoms with van der Waals surface area (Å²) < 4.78 is 5.07. The maximum absolute atomic E-state index is 12.3. The second-order valence-corrected chi connectivity index (χ2v) is 5.25. The number of aliphatic carboxylic acids is 1. The van der Waals surface area contributed by atoms with Crippen molar-refractivity contribution in [1.29, 1.82) is 0 Å². The molecule has 0 radical (unpaired) electrons. The fourth-order valence-electron chi connectivity index (χ4n) is 1.95. The third-order valence-corrected chi connectivity index (χ3v) is 2.84. The van der Waals surface area contributed by atoms with Crippen molar-refractivity contribution in [3.8, 4) is 0 Å². The summed E-state index contributed by atoms with van der Waals surface area (Å²) in [6.45, 7) is 6.35. The summed E-state index contributed by atoms with van der Waals surface area (Å²) in [6, 6.07) is -0.265. The Labute approximate surface area is 112 Å². The Morgan fingerprint density at radius 2 is 2.11 bits per heavy atom. The number of nitrogens with zero attached hydrogens (tertiary/aromatic N) is 2. The van der Waals surface area contributed by atoms with Gasteiger partial charge in [0.05, 0.1) is 25.3 Å². The highest BCUT2D eigenvalue weighted by atomic mass is 16.5. The van der Waals surface area contributed by atoms with Crippen LogP contribution < -0.4 is 0 Å². The van der Waals surface area contributed by atoms with Crippen LogP contribution in [0.15, 0.2) is 0 Å². The molecule has 0 saturated carbocycles. The number of urea groups is 1. The Balaban J connectivity index is 2.66. The van der Waals surface area contributed by atoms with E-state index in [0.29, 0.717) is 13.1 Å². The molecule has 0 aromatic heterocycles. The average molecular weight is 274 g/mol. The molecule has 1 unspecified atom stereocenters. The molecule has 1 atom stereocenters. The molecular weight excluding hydrogens is 252 g/mol. The van der Waals surface area contributed by atoms with Gasteiger partial charge in [-0.15, -0.1) is 0 Å².